The largest absolute Gasteiger partial charge is 0.455 e. The van der Waals surface area contributed by atoms with Gasteiger partial charge in [0.05, 0.1) is 17.9 Å². The quantitative estimate of drug-likeness (QED) is 0.612. The fourth-order valence-electron chi connectivity index (χ4n) is 2.42. The van der Waals surface area contributed by atoms with E-state index in [1.807, 2.05) is 30.3 Å². The zero-order valence-corrected chi connectivity index (χ0v) is 15.0. The molecule has 0 unspecified atom stereocenters. The van der Waals surface area contributed by atoms with Crippen LogP contribution in [0.1, 0.15) is 15.9 Å². The van der Waals surface area contributed by atoms with E-state index in [0.29, 0.717) is 28.3 Å². The van der Waals surface area contributed by atoms with Crippen molar-refractivity contribution in [2.45, 2.75) is 6.61 Å². The molecule has 142 valence electrons. The summed E-state index contributed by atoms with van der Waals surface area (Å²) in [6, 6.07) is 22.5. The summed E-state index contributed by atoms with van der Waals surface area (Å²) in [5, 5.41) is 11.7. The van der Waals surface area contributed by atoms with Crippen molar-refractivity contribution in [1.29, 1.82) is 0 Å². The standard InChI is InChI=1S/C22H19NO5/c24-14-16-10-12-17(13-11-16)22(26)27-15-21(25)23-19-8-4-5-9-20(19)28-18-6-2-1-3-7-18/h1-13,24H,14-15H2,(H,23,25). The number of hydrogen-bond donors (Lipinski definition) is 2. The van der Waals surface area contributed by atoms with Gasteiger partial charge in [-0.25, -0.2) is 4.79 Å². The highest BCUT2D eigenvalue weighted by Gasteiger charge is 2.12. The first-order valence-corrected chi connectivity index (χ1v) is 8.64. The summed E-state index contributed by atoms with van der Waals surface area (Å²) in [5.41, 5.74) is 1.46. The lowest BCUT2D eigenvalue weighted by atomic mass is 10.1. The molecule has 0 aliphatic rings. The van der Waals surface area contributed by atoms with Gasteiger partial charge in [0.15, 0.2) is 12.4 Å². The molecule has 3 rings (SSSR count). The van der Waals surface area contributed by atoms with Crippen LogP contribution >= 0.6 is 0 Å². The van der Waals surface area contributed by atoms with Crippen molar-refractivity contribution >= 4 is 17.6 Å². The molecule has 2 N–H and O–H groups in total. The molecular weight excluding hydrogens is 358 g/mol. The third-order valence-corrected chi connectivity index (χ3v) is 3.84. The van der Waals surface area contributed by atoms with Gasteiger partial charge in [0, 0.05) is 0 Å². The van der Waals surface area contributed by atoms with Gasteiger partial charge in [-0.15, -0.1) is 0 Å². The molecule has 28 heavy (non-hydrogen) atoms. The molecule has 6 heteroatoms. The number of benzene rings is 3. The number of aliphatic hydroxyl groups is 1. The van der Waals surface area contributed by atoms with E-state index in [0.717, 1.165) is 0 Å². The van der Waals surface area contributed by atoms with E-state index in [1.54, 1.807) is 36.4 Å². The molecule has 1 amide bonds. The second-order valence-corrected chi connectivity index (χ2v) is 5.89. The molecule has 6 nitrogen and oxygen atoms in total. The molecule has 0 fully saturated rings. The van der Waals surface area contributed by atoms with E-state index in [2.05, 4.69) is 5.32 Å². The molecule has 0 aromatic heterocycles. The van der Waals surface area contributed by atoms with E-state index in [9.17, 15) is 9.59 Å². The van der Waals surface area contributed by atoms with Gasteiger partial charge in [-0.05, 0) is 42.0 Å². The van der Waals surface area contributed by atoms with Gasteiger partial charge in [0.1, 0.15) is 5.75 Å². The molecule has 0 aliphatic heterocycles. The summed E-state index contributed by atoms with van der Waals surface area (Å²) in [4.78, 5) is 24.2. The molecule has 0 saturated heterocycles. The van der Waals surface area contributed by atoms with Crippen molar-refractivity contribution in [2.24, 2.45) is 0 Å². The van der Waals surface area contributed by atoms with Crippen LogP contribution in [0.5, 0.6) is 11.5 Å². The van der Waals surface area contributed by atoms with Crippen LogP contribution in [0.25, 0.3) is 0 Å². The topological polar surface area (TPSA) is 84.9 Å². The Balaban J connectivity index is 1.58. The summed E-state index contributed by atoms with van der Waals surface area (Å²) in [6.07, 6.45) is 0. The van der Waals surface area contributed by atoms with Crippen molar-refractivity contribution in [3.8, 4) is 11.5 Å². The molecule has 3 aromatic rings. The van der Waals surface area contributed by atoms with Crippen LogP contribution in [-0.4, -0.2) is 23.6 Å². The number of aliphatic hydroxyl groups excluding tert-OH is 1. The smallest absolute Gasteiger partial charge is 0.338 e. The molecule has 0 spiro atoms. The SMILES string of the molecule is O=C(COC(=O)c1ccc(CO)cc1)Nc1ccccc1Oc1ccccc1. The Bertz CT molecular complexity index is 939. The first-order chi connectivity index (χ1) is 13.7. The number of carbonyl (C=O) groups is 2. The Morgan fingerprint density at radius 2 is 1.54 bits per heavy atom. The first-order valence-electron chi connectivity index (χ1n) is 8.64. The van der Waals surface area contributed by atoms with Crippen LogP contribution in [0.15, 0.2) is 78.9 Å². The average molecular weight is 377 g/mol. The molecule has 0 saturated carbocycles. The van der Waals surface area contributed by atoms with E-state index in [1.165, 1.54) is 12.1 Å². The zero-order chi connectivity index (χ0) is 19.8. The lowest BCUT2D eigenvalue weighted by Gasteiger charge is -2.12. The Hall–Kier alpha value is -3.64. The maximum Gasteiger partial charge on any atom is 0.338 e. The Labute approximate surface area is 162 Å². The van der Waals surface area contributed by atoms with Crippen molar-refractivity contribution in [3.05, 3.63) is 90.0 Å². The highest BCUT2D eigenvalue weighted by atomic mass is 16.5. The minimum absolute atomic E-state index is 0.109. The number of carbonyl (C=O) groups excluding carboxylic acids is 2. The summed E-state index contributed by atoms with van der Waals surface area (Å²) >= 11 is 0. The molecule has 0 bridgehead atoms. The molecular formula is C22H19NO5. The van der Waals surface area contributed by atoms with Gasteiger partial charge in [0.25, 0.3) is 5.91 Å². The summed E-state index contributed by atoms with van der Waals surface area (Å²) in [7, 11) is 0. The number of rotatable bonds is 7. The second kappa shape index (κ2) is 9.34. The number of anilines is 1. The number of hydrogen-bond acceptors (Lipinski definition) is 5. The Kier molecular flexibility index (Phi) is 6.38. The van der Waals surface area contributed by atoms with E-state index in [-0.39, 0.29) is 6.61 Å². The number of esters is 1. The number of amides is 1. The van der Waals surface area contributed by atoms with E-state index >= 15 is 0 Å². The van der Waals surface area contributed by atoms with Crippen LogP contribution in [0, 0.1) is 0 Å². The van der Waals surface area contributed by atoms with Crippen LogP contribution in [0.3, 0.4) is 0 Å². The maximum atomic E-state index is 12.2. The molecule has 3 aromatic carbocycles. The molecule has 0 aliphatic carbocycles. The molecule has 0 heterocycles. The van der Waals surface area contributed by atoms with Crippen molar-refractivity contribution < 1.29 is 24.2 Å². The predicted molar refractivity (Wildman–Crippen MR) is 104 cm³/mol. The lowest BCUT2D eigenvalue weighted by molar-refractivity contribution is -0.119. The minimum Gasteiger partial charge on any atom is -0.455 e. The first kappa shape index (κ1) is 19.1. The third kappa shape index (κ3) is 5.18. The van der Waals surface area contributed by atoms with Crippen molar-refractivity contribution in [2.75, 3.05) is 11.9 Å². The number of ether oxygens (including phenoxy) is 2. The van der Waals surface area contributed by atoms with E-state index in [4.69, 9.17) is 14.6 Å². The fraction of sp³-hybridized carbons (Fsp3) is 0.0909. The van der Waals surface area contributed by atoms with Gasteiger partial charge >= 0.3 is 5.97 Å². The van der Waals surface area contributed by atoms with Gasteiger partial charge in [-0.2, -0.15) is 0 Å². The monoisotopic (exact) mass is 377 g/mol. The molecule has 0 atom stereocenters. The number of para-hydroxylation sites is 3. The summed E-state index contributed by atoms with van der Waals surface area (Å²) < 4.78 is 10.8. The highest BCUT2D eigenvalue weighted by Crippen LogP contribution is 2.29. The highest BCUT2D eigenvalue weighted by molar-refractivity contribution is 5.96. The molecule has 0 radical (unpaired) electrons. The second-order valence-electron chi connectivity index (χ2n) is 5.89. The van der Waals surface area contributed by atoms with Gasteiger partial charge in [-0.1, -0.05) is 42.5 Å². The van der Waals surface area contributed by atoms with Crippen LogP contribution in [-0.2, 0) is 16.1 Å². The fourth-order valence-corrected chi connectivity index (χ4v) is 2.42. The van der Waals surface area contributed by atoms with Crippen molar-refractivity contribution in [1.82, 2.24) is 0 Å². The normalized spacial score (nSPS) is 10.2. The minimum atomic E-state index is -0.617. The van der Waals surface area contributed by atoms with Crippen LogP contribution < -0.4 is 10.1 Å². The maximum absolute atomic E-state index is 12.2. The van der Waals surface area contributed by atoms with Gasteiger partial charge < -0.3 is 19.9 Å². The van der Waals surface area contributed by atoms with Gasteiger partial charge in [0.2, 0.25) is 0 Å². The third-order valence-electron chi connectivity index (χ3n) is 3.84. The zero-order valence-electron chi connectivity index (χ0n) is 15.0. The summed E-state index contributed by atoms with van der Waals surface area (Å²) in [6.45, 7) is -0.539. The predicted octanol–water partition coefficient (Wildman–Crippen LogP) is 3.77. The van der Waals surface area contributed by atoms with Crippen LogP contribution in [0.4, 0.5) is 5.69 Å². The Morgan fingerprint density at radius 3 is 2.25 bits per heavy atom. The Morgan fingerprint density at radius 1 is 0.857 bits per heavy atom. The van der Waals surface area contributed by atoms with E-state index < -0.39 is 18.5 Å². The summed E-state index contributed by atoms with van der Waals surface area (Å²) in [5.74, 6) is 0.0211. The van der Waals surface area contributed by atoms with Crippen LogP contribution in [0.2, 0.25) is 0 Å². The average Bonchev–Trinajstić information content (AvgIpc) is 2.74. The number of nitrogens with one attached hydrogen (secondary N) is 1. The lowest BCUT2D eigenvalue weighted by Crippen LogP contribution is -2.21. The van der Waals surface area contributed by atoms with Gasteiger partial charge in [-0.3, -0.25) is 4.79 Å². The van der Waals surface area contributed by atoms with Crippen molar-refractivity contribution in [3.63, 3.8) is 0 Å².